The van der Waals surface area contributed by atoms with Gasteiger partial charge in [0, 0.05) is 18.9 Å². The number of amides is 1. The maximum absolute atomic E-state index is 12.5. The molecule has 0 unspecified atom stereocenters. The molecule has 0 saturated carbocycles. The molecule has 0 atom stereocenters. The highest BCUT2D eigenvalue weighted by molar-refractivity contribution is 8.26. The Morgan fingerprint density at radius 3 is 2.71 bits per heavy atom. The summed E-state index contributed by atoms with van der Waals surface area (Å²) in [6, 6.07) is 15.6. The first kappa shape index (κ1) is 20.1. The molecule has 1 heterocycles. The van der Waals surface area contributed by atoms with E-state index < -0.39 is 5.97 Å². The lowest BCUT2D eigenvalue weighted by atomic mass is 10.1. The van der Waals surface area contributed by atoms with Crippen molar-refractivity contribution in [3.8, 4) is 5.75 Å². The van der Waals surface area contributed by atoms with Gasteiger partial charge in [-0.15, -0.1) is 0 Å². The average molecular weight is 413 g/mol. The van der Waals surface area contributed by atoms with Gasteiger partial charge in [-0.25, -0.2) is 0 Å². The van der Waals surface area contributed by atoms with Crippen LogP contribution in [-0.2, 0) is 16.2 Å². The fraction of sp³-hybridized carbons (Fsp3) is 0.190. The van der Waals surface area contributed by atoms with Gasteiger partial charge < -0.3 is 14.6 Å². The number of aryl methyl sites for hydroxylation is 1. The number of benzene rings is 2. The number of hydrogen-bond donors (Lipinski definition) is 0. The number of hydrogen-bond acceptors (Lipinski definition) is 6. The molecule has 5 nitrogen and oxygen atoms in total. The van der Waals surface area contributed by atoms with E-state index in [2.05, 4.69) is 0 Å². The molecule has 1 saturated heterocycles. The molecule has 7 heteroatoms. The van der Waals surface area contributed by atoms with E-state index in [9.17, 15) is 14.7 Å². The Kier molecular flexibility index (Phi) is 6.49. The van der Waals surface area contributed by atoms with Gasteiger partial charge in [-0.1, -0.05) is 65.9 Å². The standard InChI is InChI=1S/C21H19NO4S2/c1-14-5-7-15(8-6-14)13-26-17-4-2-3-16(11-17)12-18-20(25)22(21(27)28-18)10-9-19(23)24/h2-8,11-12H,9-10,13H2,1H3,(H,23,24)/p-1/b18-12-. The first-order valence-corrected chi connectivity index (χ1v) is 9.88. The molecular weight excluding hydrogens is 394 g/mol. The van der Waals surface area contributed by atoms with Gasteiger partial charge >= 0.3 is 0 Å². The Balaban J connectivity index is 1.68. The van der Waals surface area contributed by atoms with Gasteiger partial charge in [0.25, 0.3) is 5.91 Å². The Labute approximate surface area is 173 Å². The van der Waals surface area contributed by atoms with Gasteiger partial charge in [0.1, 0.15) is 16.7 Å². The summed E-state index contributed by atoms with van der Waals surface area (Å²) in [5.41, 5.74) is 3.08. The molecule has 1 amide bonds. The Hall–Kier alpha value is -2.64. The van der Waals surface area contributed by atoms with Crippen LogP contribution in [0, 0.1) is 6.92 Å². The van der Waals surface area contributed by atoms with Crippen LogP contribution in [0.5, 0.6) is 5.75 Å². The lowest BCUT2D eigenvalue weighted by molar-refractivity contribution is -0.305. The lowest BCUT2D eigenvalue weighted by Crippen LogP contribution is -2.33. The van der Waals surface area contributed by atoms with Crippen molar-refractivity contribution in [3.05, 3.63) is 70.1 Å². The summed E-state index contributed by atoms with van der Waals surface area (Å²) >= 11 is 6.34. The van der Waals surface area contributed by atoms with Crippen molar-refractivity contribution >= 4 is 46.3 Å². The number of ether oxygens (including phenoxy) is 1. The van der Waals surface area contributed by atoms with Crippen molar-refractivity contribution in [2.75, 3.05) is 6.54 Å². The zero-order valence-corrected chi connectivity index (χ0v) is 16.8. The molecule has 3 rings (SSSR count). The van der Waals surface area contributed by atoms with Gasteiger partial charge in [0.2, 0.25) is 0 Å². The lowest BCUT2D eigenvalue weighted by Gasteiger charge is -2.14. The van der Waals surface area contributed by atoms with E-state index in [1.54, 1.807) is 6.08 Å². The normalized spacial score (nSPS) is 15.3. The van der Waals surface area contributed by atoms with Crippen LogP contribution in [-0.4, -0.2) is 27.6 Å². The highest BCUT2D eigenvalue weighted by atomic mass is 32.2. The smallest absolute Gasteiger partial charge is 0.266 e. The van der Waals surface area contributed by atoms with Crippen LogP contribution in [0.3, 0.4) is 0 Å². The largest absolute Gasteiger partial charge is 0.550 e. The third-order valence-electron chi connectivity index (χ3n) is 4.10. The highest BCUT2D eigenvalue weighted by Crippen LogP contribution is 2.33. The number of carbonyl (C=O) groups is 2. The summed E-state index contributed by atoms with van der Waals surface area (Å²) in [5.74, 6) is -0.805. The topological polar surface area (TPSA) is 69.7 Å². The Bertz CT molecular complexity index is 938. The third kappa shape index (κ3) is 5.21. The maximum Gasteiger partial charge on any atom is 0.266 e. The van der Waals surface area contributed by atoms with Crippen LogP contribution in [0.4, 0.5) is 0 Å². The SMILES string of the molecule is Cc1ccc(COc2cccc(/C=C3\SC(=S)N(CCC(=O)[O-])C3=O)c2)cc1. The summed E-state index contributed by atoms with van der Waals surface area (Å²) in [7, 11) is 0. The molecular formula is C21H18NO4S2-. The highest BCUT2D eigenvalue weighted by Gasteiger charge is 2.31. The number of aliphatic carboxylic acids is 1. The van der Waals surface area contributed by atoms with E-state index in [0.717, 1.165) is 22.9 Å². The van der Waals surface area contributed by atoms with E-state index in [-0.39, 0.29) is 18.9 Å². The molecule has 0 N–H and O–H groups in total. The zero-order valence-electron chi connectivity index (χ0n) is 15.2. The predicted octanol–water partition coefficient (Wildman–Crippen LogP) is 2.92. The van der Waals surface area contributed by atoms with Crippen LogP contribution < -0.4 is 9.84 Å². The third-order valence-corrected chi connectivity index (χ3v) is 5.47. The van der Waals surface area contributed by atoms with Crippen molar-refractivity contribution in [2.45, 2.75) is 20.0 Å². The molecule has 0 bridgehead atoms. The van der Waals surface area contributed by atoms with Gasteiger partial charge in [-0.3, -0.25) is 9.69 Å². The van der Waals surface area contributed by atoms with Crippen molar-refractivity contribution in [3.63, 3.8) is 0 Å². The second-order valence-corrected chi connectivity index (χ2v) is 7.98. The zero-order chi connectivity index (χ0) is 20.1. The number of carboxylic acids is 1. The fourth-order valence-electron chi connectivity index (χ4n) is 2.59. The summed E-state index contributed by atoms with van der Waals surface area (Å²) < 4.78 is 6.19. The van der Waals surface area contributed by atoms with E-state index in [4.69, 9.17) is 17.0 Å². The minimum absolute atomic E-state index is 0.0179. The molecule has 2 aromatic rings. The van der Waals surface area contributed by atoms with Gasteiger partial charge in [0.05, 0.1) is 4.91 Å². The molecule has 1 fully saturated rings. The Morgan fingerprint density at radius 1 is 1.25 bits per heavy atom. The molecule has 0 spiro atoms. The second-order valence-electron chi connectivity index (χ2n) is 6.30. The summed E-state index contributed by atoms with van der Waals surface area (Å²) in [5, 5.41) is 10.6. The van der Waals surface area contributed by atoms with E-state index in [1.807, 2.05) is 55.5 Å². The summed E-state index contributed by atoms with van der Waals surface area (Å²) in [6.07, 6.45) is 1.49. The number of carboxylic acid groups (broad SMARTS) is 1. The number of carbonyl (C=O) groups excluding carboxylic acids is 2. The van der Waals surface area contributed by atoms with E-state index >= 15 is 0 Å². The number of thioether (sulfide) groups is 1. The molecule has 144 valence electrons. The van der Waals surface area contributed by atoms with Gasteiger partial charge in [0.15, 0.2) is 0 Å². The molecule has 1 aliphatic rings. The molecule has 2 aromatic carbocycles. The van der Waals surface area contributed by atoms with Crippen LogP contribution in [0.1, 0.15) is 23.1 Å². The molecule has 0 radical (unpaired) electrons. The maximum atomic E-state index is 12.5. The van der Waals surface area contributed by atoms with E-state index in [1.165, 1.54) is 10.5 Å². The van der Waals surface area contributed by atoms with Crippen LogP contribution in [0.2, 0.25) is 0 Å². The Morgan fingerprint density at radius 2 is 2.00 bits per heavy atom. The van der Waals surface area contributed by atoms with Crippen molar-refractivity contribution in [2.24, 2.45) is 0 Å². The van der Waals surface area contributed by atoms with Crippen molar-refractivity contribution in [1.29, 1.82) is 0 Å². The van der Waals surface area contributed by atoms with Crippen LogP contribution in [0.15, 0.2) is 53.4 Å². The second kappa shape index (κ2) is 9.03. The number of nitrogens with zero attached hydrogens (tertiary/aromatic N) is 1. The van der Waals surface area contributed by atoms with E-state index in [0.29, 0.717) is 21.6 Å². The first-order chi connectivity index (χ1) is 13.4. The fourth-order valence-corrected chi connectivity index (χ4v) is 3.90. The van der Waals surface area contributed by atoms with Crippen LogP contribution >= 0.6 is 24.0 Å². The molecule has 28 heavy (non-hydrogen) atoms. The van der Waals surface area contributed by atoms with Gasteiger partial charge in [-0.05, 0) is 36.3 Å². The van der Waals surface area contributed by atoms with Crippen LogP contribution in [0.25, 0.3) is 6.08 Å². The monoisotopic (exact) mass is 412 g/mol. The molecule has 0 aliphatic carbocycles. The minimum atomic E-state index is -1.21. The van der Waals surface area contributed by atoms with Crippen molar-refractivity contribution in [1.82, 2.24) is 4.90 Å². The van der Waals surface area contributed by atoms with Gasteiger partial charge in [-0.2, -0.15) is 0 Å². The molecule has 1 aliphatic heterocycles. The predicted molar refractivity (Wildman–Crippen MR) is 111 cm³/mol. The quantitative estimate of drug-likeness (QED) is 0.515. The minimum Gasteiger partial charge on any atom is -0.550 e. The molecule has 0 aromatic heterocycles. The first-order valence-electron chi connectivity index (χ1n) is 8.66. The average Bonchev–Trinajstić information content (AvgIpc) is 2.93. The van der Waals surface area contributed by atoms with Crippen molar-refractivity contribution < 1.29 is 19.4 Å². The summed E-state index contributed by atoms with van der Waals surface area (Å²) in [6.45, 7) is 2.51. The number of rotatable bonds is 7. The number of thiocarbonyl (C=S) groups is 1. The summed E-state index contributed by atoms with van der Waals surface area (Å²) in [4.78, 5) is 24.8.